The molecular formula is C16H27NO2S. The summed E-state index contributed by atoms with van der Waals surface area (Å²) in [6.45, 7) is 8.55. The summed E-state index contributed by atoms with van der Waals surface area (Å²) in [4.78, 5) is 0. The lowest BCUT2D eigenvalue weighted by molar-refractivity contribution is 0.316. The topological polar surface area (TPSA) is 41.5 Å². The van der Waals surface area contributed by atoms with E-state index >= 15 is 0 Å². The molecule has 0 aliphatic rings. The van der Waals surface area contributed by atoms with Gasteiger partial charge in [-0.15, -0.1) is 0 Å². The van der Waals surface area contributed by atoms with Gasteiger partial charge in [0, 0.05) is 23.4 Å². The van der Waals surface area contributed by atoms with E-state index in [2.05, 4.69) is 25.4 Å². The minimum Gasteiger partial charge on any atom is -0.504 e. The van der Waals surface area contributed by atoms with Crippen molar-refractivity contribution in [2.75, 3.05) is 19.4 Å². The lowest BCUT2D eigenvalue weighted by atomic mass is 10.0. The van der Waals surface area contributed by atoms with Gasteiger partial charge in [-0.3, -0.25) is 0 Å². The SMILES string of the molecule is CCOc1cccc(CNCC(CC)(CC)SC)c1O. The Hall–Kier alpha value is -0.870. The monoisotopic (exact) mass is 297 g/mol. The van der Waals surface area contributed by atoms with Crippen molar-refractivity contribution in [3.8, 4) is 11.5 Å². The zero-order chi connectivity index (χ0) is 15.0. The molecule has 20 heavy (non-hydrogen) atoms. The quantitative estimate of drug-likeness (QED) is 0.727. The molecule has 0 saturated heterocycles. The van der Waals surface area contributed by atoms with Gasteiger partial charge in [0.1, 0.15) is 0 Å². The fourth-order valence-corrected chi connectivity index (χ4v) is 3.09. The maximum absolute atomic E-state index is 10.2. The van der Waals surface area contributed by atoms with Crippen molar-refractivity contribution >= 4 is 11.8 Å². The van der Waals surface area contributed by atoms with E-state index in [1.54, 1.807) is 6.07 Å². The summed E-state index contributed by atoms with van der Waals surface area (Å²) in [7, 11) is 0. The van der Waals surface area contributed by atoms with Crippen LogP contribution in [0.5, 0.6) is 11.5 Å². The molecule has 4 heteroatoms. The first-order valence-electron chi connectivity index (χ1n) is 7.32. The Balaban J connectivity index is 2.64. The zero-order valence-electron chi connectivity index (χ0n) is 13.0. The molecule has 0 spiro atoms. The van der Waals surface area contributed by atoms with Crippen molar-refractivity contribution in [2.45, 2.75) is 44.9 Å². The molecule has 0 aromatic heterocycles. The number of benzene rings is 1. The Bertz CT molecular complexity index is 397. The number of hydrogen-bond donors (Lipinski definition) is 2. The molecular weight excluding hydrogens is 270 g/mol. The van der Waals surface area contributed by atoms with Gasteiger partial charge in [0.15, 0.2) is 11.5 Å². The molecule has 0 bridgehead atoms. The average Bonchev–Trinajstić information content (AvgIpc) is 2.48. The molecule has 1 rings (SSSR count). The smallest absolute Gasteiger partial charge is 0.162 e. The zero-order valence-corrected chi connectivity index (χ0v) is 13.8. The van der Waals surface area contributed by atoms with E-state index in [1.165, 1.54) is 0 Å². The van der Waals surface area contributed by atoms with Gasteiger partial charge in [-0.2, -0.15) is 11.8 Å². The predicted molar refractivity (Wildman–Crippen MR) is 87.8 cm³/mol. The maximum Gasteiger partial charge on any atom is 0.162 e. The van der Waals surface area contributed by atoms with Gasteiger partial charge in [0.25, 0.3) is 0 Å². The van der Waals surface area contributed by atoms with Gasteiger partial charge in [0.2, 0.25) is 0 Å². The normalized spacial score (nSPS) is 11.6. The number of aromatic hydroxyl groups is 1. The molecule has 0 aliphatic heterocycles. The Labute approximate surface area is 127 Å². The third-order valence-corrected chi connectivity index (χ3v) is 5.45. The first-order chi connectivity index (χ1) is 9.62. The van der Waals surface area contributed by atoms with Crippen LogP contribution in [0.15, 0.2) is 18.2 Å². The number of ether oxygens (including phenoxy) is 1. The summed E-state index contributed by atoms with van der Waals surface area (Å²) in [6, 6.07) is 5.65. The maximum atomic E-state index is 10.2. The number of para-hydroxylation sites is 1. The molecule has 1 aromatic rings. The molecule has 3 nitrogen and oxygen atoms in total. The highest BCUT2D eigenvalue weighted by atomic mass is 32.2. The Morgan fingerprint density at radius 3 is 2.50 bits per heavy atom. The van der Waals surface area contributed by atoms with Crippen molar-refractivity contribution < 1.29 is 9.84 Å². The van der Waals surface area contributed by atoms with Gasteiger partial charge in [-0.1, -0.05) is 26.0 Å². The highest BCUT2D eigenvalue weighted by Crippen LogP contribution is 2.31. The van der Waals surface area contributed by atoms with Crippen LogP contribution < -0.4 is 10.1 Å². The summed E-state index contributed by atoms with van der Waals surface area (Å²) in [5.41, 5.74) is 0.887. The summed E-state index contributed by atoms with van der Waals surface area (Å²) in [6.07, 6.45) is 4.45. The number of phenols is 1. The minimum atomic E-state index is 0.254. The molecule has 0 fully saturated rings. The van der Waals surface area contributed by atoms with Crippen molar-refractivity contribution in [3.63, 3.8) is 0 Å². The lowest BCUT2D eigenvalue weighted by Crippen LogP contribution is -2.36. The van der Waals surface area contributed by atoms with Crippen LogP contribution in [0.2, 0.25) is 0 Å². The van der Waals surface area contributed by atoms with Crippen molar-refractivity contribution in [2.24, 2.45) is 0 Å². The third-order valence-electron chi connectivity index (χ3n) is 3.87. The third kappa shape index (κ3) is 4.32. The second kappa shape index (κ2) is 8.42. The van der Waals surface area contributed by atoms with E-state index in [-0.39, 0.29) is 10.5 Å². The van der Waals surface area contributed by atoms with E-state index in [0.29, 0.717) is 18.9 Å². The van der Waals surface area contributed by atoms with Gasteiger partial charge >= 0.3 is 0 Å². The van der Waals surface area contributed by atoms with Crippen LogP contribution in [0.1, 0.15) is 39.2 Å². The number of hydrogen-bond acceptors (Lipinski definition) is 4. The number of phenolic OH excluding ortho intramolecular Hbond substituents is 1. The summed E-state index contributed by atoms with van der Waals surface area (Å²) in [5, 5.41) is 13.6. The molecule has 0 atom stereocenters. The molecule has 0 unspecified atom stereocenters. The van der Waals surface area contributed by atoms with E-state index in [9.17, 15) is 5.11 Å². The van der Waals surface area contributed by atoms with Gasteiger partial charge in [0.05, 0.1) is 6.61 Å². The van der Waals surface area contributed by atoms with Crippen LogP contribution in [-0.4, -0.2) is 29.3 Å². The minimum absolute atomic E-state index is 0.254. The molecule has 1 aromatic carbocycles. The fourth-order valence-electron chi connectivity index (χ4n) is 2.27. The molecule has 0 aliphatic carbocycles. The van der Waals surface area contributed by atoms with Crippen LogP contribution in [0, 0.1) is 0 Å². The molecule has 0 amide bonds. The molecule has 2 N–H and O–H groups in total. The highest BCUT2D eigenvalue weighted by Gasteiger charge is 2.24. The second-order valence-electron chi connectivity index (χ2n) is 4.89. The van der Waals surface area contributed by atoms with Crippen molar-refractivity contribution in [1.29, 1.82) is 0 Å². The summed E-state index contributed by atoms with van der Waals surface area (Å²) >= 11 is 1.92. The second-order valence-corrected chi connectivity index (χ2v) is 6.17. The lowest BCUT2D eigenvalue weighted by Gasteiger charge is -2.30. The summed E-state index contributed by atoms with van der Waals surface area (Å²) < 4.78 is 5.69. The Morgan fingerprint density at radius 1 is 1.25 bits per heavy atom. The molecule has 114 valence electrons. The van der Waals surface area contributed by atoms with Crippen molar-refractivity contribution in [3.05, 3.63) is 23.8 Å². The molecule has 0 heterocycles. The number of rotatable bonds is 9. The highest BCUT2D eigenvalue weighted by molar-refractivity contribution is 8.00. The Kier molecular flexibility index (Phi) is 7.24. The number of nitrogens with one attached hydrogen (secondary N) is 1. The Morgan fingerprint density at radius 2 is 1.95 bits per heavy atom. The largest absolute Gasteiger partial charge is 0.504 e. The number of thioether (sulfide) groups is 1. The van der Waals surface area contributed by atoms with Crippen LogP contribution >= 0.6 is 11.8 Å². The predicted octanol–water partition coefficient (Wildman–Crippen LogP) is 3.80. The average molecular weight is 297 g/mol. The van der Waals surface area contributed by atoms with E-state index < -0.39 is 0 Å². The summed E-state index contributed by atoms with van der Waals surface area (Å²) in [5.74, 6) is 0.818. The molecule has 0 saturated carbocycles. The first-order valence-corrected chi connectivity index (χ1v) is 8.54. The van der Waals surface area contributed by atoms with Crippen molar-refractivity contribution in [1.82, 2.24) is 5.32 Å². The van der Waals surface area contributed by atoms with Crippen LogP contribution in [-0.2, 0) is 6.54 Å². The van der Waals surface area contributed by atoms with Crippen LogP contribution in [0.25, 0.3) is 0 Å². The van der Waals surface area contributed by atoms with E-state index in [0.717, 1.165) is 24.9 Å². The van der Waals surface area contributed by atoms with E-state index in [1.807, 2.05) is 30.8 Å². The van der Waals surface area contributed by atoms with Gasteiger partial charge < -0.3 is 15.2 Å². The van der Waals surface area contributed by atoms with Gasteiger partial charge in [-0.05, 0) is 32.1 Å². The standard InChI is InChI=1S/C16H27NO2S/c1-5-16(6-2,20-4)12-17-11-13-9-8-10-14(15(13)18)19-7-3/h8-10,17-18H,5-7,11-12H2,1-4H3. The van der Waals surface area contributed by atoms with Gasteiger partial charge in [-0.25, -0.2) is 0 Å². The van der Waals surface area contributed by atoms with Crippen LogP contribution in [0.3, 0.4) is 0 Å². The first kappa shape index (κ1) is 17.2. The molecule has 0 radical (unpaired) electrons. The fraction of sp³-hybridized carbons (Fsp3) is 0.625. The van der Waals surface area contributed by atoms with E-state index in [4.69, 9.17) is 4.74 Å². The van der Waals surface area contributed by atoms with Crippen LogP contribution in [0.4, 0.5) is 0 Å².